The van der Waals surface area contributed by atoms with Gasteiger partial charge < -0.3 is 20.1 Å². The second-order valence-corrected chi connectivity index (χ2v) is 9.40. The van der Waals surface area contributed by atoms with Crippen molar-refractivity contribution in [3.63, 3.8) is 0 Å². The van der Waals surface area contributed by atoms with Crippen LogP contribution in [0.15, 0.2) is 48.5 Å². The molecule has 33 heavy (non-hydrogen) atoms. The van der Waals surface area contributed by atoms with Crippen molar-refractivity contribution in [2.75, 3.05) is 13.2 Å². The summed E-state index contributed by atoms with van der Waals surface area (Å²) in [5, 5.41) is 12.1. The van der Waals surface area contributed by atoms with E-state index in [0.717, 1.165) is 22.3 Å². The quantitative estimate of drug-likeness (QED) is 0.717. The second-order valence-electron chi connectivity index (χ2n) is 9.40. The van der Waals surface area contributed by atoms with Gasteiger partial charge >= 0.3 is 12.1 Å². The van der Waals surface area contributed by atoms with E-state index in [4.69, 9.17) is 4.74 Å². The summed E-state index contributed by atoms with van der Waals surface area (Å²) in [7, 11) is 0. The summed E-state index contributed by atoms with van der Waals surface area (Å²) < 4.78 is 5.58. The number of piperidine rings is 1. The van der Waals surface area contributed by atoms with Gasteiger partial charge in [-0.3, -0.25) is 9.59 Å². The van der Waals surface area contributed by atoms with E-state index in [2.05, 4.69) is 17.4 Å². The molecule has 2 aromatic carbocycles. The van der Waals surface area contributed by atoms with Crippen LogP contribution in [0.3, 0.4) is 0 Å². The van der Waals surface area contributed by atoms with E-state index in [1.54, 1.807) is 25.7 Å². The Labute approximate surface area is 193 Å². The monoisotopic (exact) mass is 450 g/mol. The van der Waals surface area contributed by atoms with Gasteiger partial charge in [-0.15, -0.1) is 0 Å². The van der Waals surface area contributed by atoms with E-state index < -0.39 is 29.6 Å². The second kappa shape index (κ2) is 8.89. The van der Waals surface area contributed by atoms with Crippen LogP contribution in [0, 0.1) is 5.92 Å². The minimum Gasteiger partial charge on any atom is -0.481 e. The third-order valence-electron chi connectivity index (χ3n) is 6.86. The minimum absolute atomic E-state index is 0.0691. The molecule has 7 nitrogen and oxygen atoms in total. The molecule has 2 amide bonds. The van der Waals surface area contributed by atoms with Gasteiger partial charge in [-0.05, 0) is 55.9 Å². The highest BCUT2D eigenvalue weighted by Gasteiger charge is 2.41. The van der Waals surface area contributed by atoms with Gasteiger partial charge in [0.2, 0.25) is 5.91 Å². The molecule has 0 spiro atoms. The van der Waals surface area contributed by atoms with Crippen LogP contribution >= 0.6 is 0 Å². The summed E-state index contributed by atoms with van der Waals surface area (Å²) in [5.74, 6) is -1.88. The maximum absolute atomic E-state index is 13.2. The highest BCUT2D eigenvalue weighted by atomic mass is 16.5. The SMILES string of the molecule is C[C@H]1[C@@H](C(=O)O)CCCN1C(=O)C(C)(C)NC(=O)OCC1c2ccccc2-c2ccccc21. The zero-order chi connectivity index (χ0) is 23.8. The van der Waals surface area contributed by atoms with Crippen LogP contribution in [0.5, 0.6) is 0 Å². The number of hydrogen-bond acceptors (Lipinski definition) is 4. The molecule has 1 aliphatic carbocycles. The lowest BCUT2D eigenvalue weighted by Gasteiger charge is -2.41. The molecular weight excluding hydrogens is 420 g/mol. The summed E-state index contributed by atoms with van der Waals surface area (Å²) in [6.45, 7) is 5.62. The number of nitrogens with one attached hydrogen (secondary N) is 1. The summed E-state index contributed by atoms with van der Waals surface area (Å²) in [6.07, 6.45) is 0.490. The Bertz CT molecular complexity index is 1030. The number of hydrogen-bond donors (Lipinski definition) is 2. The molecule has 0 radical (unpaired) electrons. The lowest BCUT2D eigenvalue weighted by Crippen LogP contribution is -2.60. The predicted molar refractivity (Wildman–Crippen MR) is 124 cm³/mol. The first-order chi connectivity index (χ1) is 15.7. The first kappa shape index (κ1) is 22.8. The molecule has 2 N–H and O–H groups in total. The van der Waals surface area contributed by atoms with E-state index in [1.807, 2.05) is 36.4 Å². The fourth-order valence-electron chi connectivity index (χ4n) is 5.06. The van der Waals surface area contributed by atoms with Gasteiger partial charge in [-0.25, -0.2) is 4.79 Å². The minimum atomic E-state index is -1.22. The number of amides is 2. The number of carboxylic acids is 1. The number of ether oxygens (including phenoxy) is 1. The summed E-state index contributed by atoms with van der Waals surface area (Å²) in [5.41, 5.74) is 3.29. The third kappa shape index (κ3) is 4.32. The number of likely N-dealkylation sites (tertiary alicyclic amines) is 1. The van der Waals surface area contributed by atoms with Crippen molar-refractivity contribution in [1.82, 2.24) is 10.2 Å². The molecule has 2 aliphatic rings. The molecule has 0 aromatic heterocycles. The molecule has 174 valence electrons. The zero-order valence-corrected chi connectivity index (χ0v) is 19.2. The van der Waals surface area contributed by atoms with E-state index in [1.165, 1.54) is 0 Å². The van der Waals surface area contributed by atoms with Crippen molar-refractivity contribution < 1.29 is 24.2 Å². The average molecular weight is 451 g/mol. The molecule has 1 heterocycles. The van der Waals surface area contributed by atoms with Gasteiger partial charge in [-0.2, -0.15) is 0 Å². The number of alkyl carbamates (subject to hydrolysis) is 1. The number of benzene rings is 2. The number of nitrogens with zero attached hydrogens (tertiary/aromatic N) is 1. The van der Waals surface area contributed by atoms with Crippen LogP contribution in [0.1, 0.15) is 50.7 Å². The smallest absolute Gasteiger partial charge is 0.408 e. The number of rotatable bonds is 5. The van der Waals surface area contributed by atoms with Crippen LogP contribution < -0.4 is 5.32 Å². The normalized spacial score (nSPS) is 20.0. The topological polar surface area (TPSA) is 95.9 Å². The molecule has 4 rings (SSSR count). The largest absolute Gasteiger partial charge is 0.481 e. The Balaban J connectivity index is 1.42. The van der Waals surface area contributed by atoms with Gasteiger partial charge in [0.05, 0.1) is 5.92 Å². The van der Waals surface area contributed by atoms with Crippen molar-refractivity contribution in [3.8, 4) is 11.1 Å². The van der Waals surface area contributed by atoms with Crippen LogP contribution in [0.25, 0.3) is 11.1 Å². The van der Waals surface area contributed by atoms with Crippen molar-refractivity contribution in [1.29, 1.82) is 0 Å². The van der Waals surface area contributed by atoms with Crippen molar-refractivity contribution in [2.45, 2.75) is 51.1 Å². The van der Waals surface area contributed by atoms with Crippen LogP contribution in [-0.2, 0) is 14.3 Å². The van der Waals surface area contributed by atoms with Crippen molar-refractivity contribution in [2.24, 2.45) is 5.92 Å². The lowest BCUT2D eigenvalue weighted by atomic mass is 9.88. The number of carboxylic acid groups (broad SMARTS) is 1. The Morgan fingerprint density at radius 1 is 1.06 bits per heavy atom. The molecule has 0 saturated carbocycles. The number of carbonyl (C=O) groups excluding carboxylic acids is 2. The first-order valence-corrected chi connectivity index (χ1v) is 11.4. The summed E-state index contributed by atoms with van der Waals surface area (Å²) >= 11 is 0. The molecule has 1 aliphatic heterocycles. The fourth-order valence-corrected chi connectivity index (χ4v) is 5.06. The fraction of sp³-hybridized carbons (Fsp3) is 0.423. The molecule has 7 heteroatoms. The standard InChI is InChI=1S/C26H30N2O5/c1-16-17(23(29)30)13-8-14-28(16)24(31)26(2,3)27-25(32)33-15-22-20-11-6-4-9-18(20)19-10-5-7-12-21(19)22/h4-7,9-12,16-17,22H,8,13-15H2,1-3H3,(H,27,32)(H,29,30)/t16-,17-/m0/s1. The van der Waals surface area contributed by atoms with Gasteiger partial charge in [-0.1, -0.05) is 48.5 Å². The van der Waals surface area contributed by atoms with Gasteiger partial charge in [0.25, 0.3) is 0 Å². The highest BCUT2D eigenvalue weighted by Crippen LogP contribution is 2.44. The van der Waals surface area contributed by atoms with Gasteiger partial charge in [0.1, 0.15) is 12.1 Å². The third-order valence-corrected chi connectivity index (χ3v) is 6.86. The first-order valence-electron chi connectivity index (χ1n) is 11.4. The van der Waals surface area contributed by atoms with Gasteiger partial charge in [0, 0.05) is 18.5 Å². The number of carbonyl (C=O) groups is 3. The zero-order valence-electron chi connectivity index (χ0n) is 19.2. The van der Waals surface area contributed by atoms with E-state index >= 15 is 0 Å². The molecule has 2 aromatic rings. The molecule has 0 unspecified atom stereocenters. The lowest BCUT2D eigenvalue weighted by molar-refractivity contribution is -0.151. The van der Waals surface area contributed by atoms with Crippen LogP contribution in [0.2, 0.25) is 0 Å². The number of fused-ring (bicyclic) bond motifs is 3. The van der Waals surface area contributed by atoms with E-state index in [9.17, 15) is 19.5 Å². The maximum atomic E-state index is 13.2. The molecule has 0 bridgehead atoms. The van der Waals surface area contributed by atoms with E-state index in [-0.39, 0.29) is 18.4 Å². The van der Waals surface area contributed by atoms with Crippen molar-refractivity contribution >= 4 is 18.0 Å². The Morgan fingerprint density at radius 3 is 2.21 bits per heavy atom. The average Bonchev–Trinajstić information content (AvgIpc) is 3.10. The Hall–Kier alpha value is -3.35. The molecule has 1 saturated heterocycles. The number of aliphatic carboxylic acids is 1. The van der Waals surface area contributed by atoms with E-state index in [0.29, 0.717) is 19.4 Å². The highest BCUT2D eigenvalue weighted by molar-refractivity contribution is 5.90. The van der Waals surface area contributed by atoms with Crippen molar-refractivity contribution in [3.05, 3.63) is 59.7 Å². The maximum Gasteiger partial charge on any atom is 0.408 e. The van der Waals surface area contributed by atoms with Crippen LogP contribution in [0.4, 0.5) is 4.79 Å². The summed E-state index contributed by atoms with van der Waals surface area (Å²) in [4.78, 5) is 38.9. The van der Waals surface area contributed by atoms with Gasteiger partial charge in [0.15, 0.2) is 0 Å². The Morgan fingerprint density at radius 2 is 1.64 bits per heavy atom. The summed E-state index contributed by atoms with van der Waals surface area (Å²) in [6, 6.07) is 15.7. The Kier molecular flexibility index (Phi) is 6.15. The van der Waals surface area contributed by atoms with Crippen LogP contribution in [-0.4, -0.2) is 52.7 Å². The molecular formula is C26H30N2O5. The predicted octanol–water partition coefficient (Wildman–Crippen LogP) is 4.02. The molecule has 2 atom stereocenters. The molecule has 1 fully saturated rings.